The van der Waals surface area contributed by atoms with Crippen molar-refractivity contribution in [3.63, 3.8) is 0 Å². The Hall–Kier alpha value is -2.80. The molecule has 0 aromatic carbocycles. The molecule has 0 bridgehead atoms. The van der Waals surface area contributed by atoms with Crippen molar-refractivity contribution in [2.24, 2.45) is 12.8 Å². The van der Waals surface area contributed by atoms with E-state index in [0.29, 0.717) is 35.7 Å². The van der Waals surface area contributed by atoms with Gasteiger partial charge >= 0.3 is 5.97 Å². The van der Waals surface area contributed by atoms with Crippen LogP contribution in [0.15, 0.2) is 11.1 Å². The van der Waals surface area contributed by atoms with Crippen molar-refractivity contribution < 1.29 is 24.9 Å². The molecule has 4 rings (SSSR count). The van der Waals surface area contributed by atoms with E-state index in [9.17, 15) is 19.8 Å². The highest BCUT2D eigenvalue weighted by molar-refractivity contribution is 5.74. The molecule has 4 unspecified atom stereocenters. The number of hydrogen-bond donors (Lipinski definition) is 4. The van der Waals surface area contributed by atoms with Gasteiger partial charge in [-0.1, -0.05) is 0 Å². The molecule has 1 aliphatic rings. The number of hydrogen-bond acceptors (Lipinski definition) is 8. The van der Waals surface area contributed by atoms with Gasteiger partial charge in [0.05, 0.1) is 36.5 Å². The maximum Gasteiger partial charge on any atom is 0.323 e. The molecule has 0 amide bonds. The Morgan fingerprint density at radius 1 is 1.43 bits per heavy atom. The lowest BCUT2D eigenvalue weighted by Gasteiger charge is -2.17. The number of aliphatic hydroxyl groups is 2. The van der Waals surface area contributed by atoms with Crippen LogP contribution in [0.3, 0.4) is 0 Å². The summed E-state index contributed by atoms with van der Waals surface area (Å²) in [4.78, 5) is 33.0. The third-order valence-corrected chi connectivity index (χ3v) is 5.65. The summed E-state index contributed by atoms with van der Waals surface area (Å²) in [7, 11) is 1.74. The van der Waals surface area contributed by atoms with Crippen LogP contribution in [-0.4, -0.2) is 69.6 Å². The molecule has 162 valence electrons. The second-order valence-electron chi connectivity index (χ2n) is 7.58. The highest BCUT2D eigenvalue weighted by atomic mass is 16.5. The van der Waals surface area contributed by atoms with Crippen molar-refractivity contribution in [1.82, 2.24) is 23.5 Å². The Kier molecular flexibility index (Phi) is 5.10. The number of fused-ring (bicyclic) bond motifs is 2. The van der Waals surface area contributed by atoms with Crippen LogP contribution in [0.5, 0.6) is 0 Å². The summed E-state index contributed by atoms with van der Waals surface area (Å²) in [6.45, 7) is 1.61. The van der Waals surface area contributed by atoms with Crippen molar-refractivity contribution in [2.45, 2.75) is 50.7 Å². The van der Waals surface area contributed by atoms with Gasteiger partial charge in [-0.05, 0) is 19.8 Å². The summed E-state index contributed by atoms with van der Waals surface area (Å²) in [5.74, 6) is -1.00. The van der Waals surface area contributed by atoms with Crippen LogP contribution in [0.1, 0.15) is 30.5 Å². The minimum absolute atomic E-state index is 0.0735. The van der Waals surface area contributed by atoms with Crippen LogP contribution >= 0.6 is 0 Å². The zero-order valence-electron chi connectivity index (χ0n) is 16.6. The molecule has 3 aromatic rings. The Bertz CT molecular complexity index is 1180. The molecule has 1 saturated heterocycles. The number of carboxylic acid groups (broad SMARTS) is 1. The Balaban J connectivity index is 1.84. The van der Waals surface area contributed by atoms with Crippen molar-refractivity contribution >= 4 is 22.9 Å². The Labute approximate surface area is 170 Å². The molecule has 0 spiro atoms. The number of aromatic nitrogens is 5. The molecule has 12 nitrogen and oxygen atoms in total. The molecule has 4 atom stereocenters. The highest BCUT2D eigenvalue weighted by Gasteiger charge is 2.30. The highest BCUT2D eigenvalue weighted by Crippen LogP contribution is 2.30. The van der Waals surface area contributed by atoms with E-state index in [1.54, 1.807) is 23.1 Å². The molecule has 1 aliphatic heterocycles. The van der Waals surface area contributed by atoms with Crippen molar-refractivity contribution in [1.29, 1.82) is 0 Å². The predicted octanol–water partition coefficient (Wildman–Crippen LogP) is -1.32. The lowest BCUT2D eigenvalue weighted by Crippen LogP contribution is -2.43. The largest absolute Gasteiger partial charge is 0.480 e. The van der Waals surface area contributed by atoms with Gasteiger partial charge in [0.15, 0.2) is 11.2 Å². The summed E-state index contributed by atoms with van der Waals surface area (Å²) in [6.07, 6.45) is 0.754. The van der Waals surface area contributed by atoms with Crippen molar-refractivity contribution in [3.05, 3.63) is 28.1 Å². The lowest BCUT2D eigenvalue weighted by atomic mass is 10.1. The molecular weight excluding hydrogens is 396 g/mol. The van der Waals surface area contributed by atoms with Gasteiger partial charge in [0.25, 0.3) is 5.56 Å². The Morgan fingerprint density at radius 3 is 2.80 bits per heavy atom. The van der Waals surface area contributed by atoms with Gasteiger partial charge in [-0.3, -0.25) is 18.7 Å². The van der Waals surface area contributed by atoms with Crippen LogP contribution < -0.4 is 11.3 Å². The number of aliphatic carboxylic acids is 1. The standard InChI is InChI=1S/C18H24N6O6/c1-8-10(5-11(26)13(19)17(28)29)24-16(27)14-15(22(2)18(24)21-8)23(7-20-14)12-4-3-9(6-25)30-12/h7,9,11-13,25-26H,3-6,19H2,1-2H3,(H,28,29). The number of nitrogens with two attached hydrogens (primary N) is 1. The first kappa shape index (κ1) is 20.5. The first-order valence-corrected chi connectivity index (χ1v) is 9.60. The minimum Gasteiger partial charge on any atom is -0.480 e. The fourth-order valence-electron chi connectivity index (χ4n) is 3.99. The molecule has 1 fully saturated rings. The number of nitrogens with zero attached hydrogens (tertiary/aromatic N) is 5. The summed E-state index contributed by atoms with van der Waals surface area (Å²) in [6, 6.07) is -1.49. The summed E-state index contributed by atoms with van der Waals surface area (Å²) < 4.78 is 10.6. The smallest absolute Gasteiger partial charge is 0.323 e. The number of carbonyl (C=O) groups is 1. The minimum atomic E-state index is -1.49. The molecular formula is C18H24N6O6. The van der Waals surface area contributed by atoms with E-state index in [2.05, 4.69) is 9.97 Å². The molecule has 0 aliphatic carbocycles. The van der Waals surface area contributed by atoms with Gasteiger partial charge < -0.3 is 25.8 Å². The number of rotatable bonds is 6. The first-order valence-electron chi connectivity index (χ1n) is 9.60. The molecule has 0 radical (unpaired) electrons. The molecule has 3 aromatic heterocycles. The van der Waals surface area contributed by atoms with Crippen LogP contribution in [0.2, 0.25) is 0 Å². The molecule has 5 N–H and O–H groups in total. The van der Waals surface area contributed by atoms with E-state index >= 15 is 0 Å². The van der Waals surface area contributed by atoms with Crippen LogP contribution in [-0.2, 0) is 23.0 Å². The lowest BCUT2D eigenvalue weighted by molar-refractivity contribution is -0.141. The predicted molar refractivity (Wildman–Crippen MR) is 104 cm³/mol. The summed E-state index contributed by atoms with van der Waals surface area (Å²) >= 11 is 0. The van der Waals surface area contributed by atoms with E-state index in [1.165, 1.54) is 10.7 Å². The van der Waals surface area contributed by atoms with E-state index < -0.39 is 23.7 Å². The summed E-state index contributed by atoms with van der Waals surface area (Å²) in [5.41, 5.74) is 6.66. The fourth-order valence-corrected chi connectivity index (χ4v) is 3.99. The zero-order chi connectivity index (χ0) is 21.7. The molecule has 0 saturated carbocycles. The van der Waals surface area contributed by atoms with E-state index in [-0.39, 0.29) is 30.9 Å². The van der Waals surface area contributed by atoms with Gasteiger partial charge in [0.2, 0.25) is 5.78 Å². The average Bonchev–Trinajstić information content (AvgIpc) is 3.42. The zero-order valence-corrected chi connectivity index (χ0v) is 16.6. The van der Waals surface area contributed by atoms with Gasteiger partial charge in [-0.25, -0.2) is 14.4 Å². The van der Waals surface area contributed by atoms with Gasteiger partial charge in [0, 0.05) is 13.5 Å². The van der Waals surface area contributed by atoms with Gasteiger partial charge in [-0.2, -0.15) is 0 Å². The van der Waals surface area contributed by atoms with Crippen LogP contribution in [0, 0.1) is 6.92 Å². The number of ether oxygens (including phenoxy) is 1. The van der Waals surface area contributed by atoms with Crippen molar-refractivity contribution in [2.75, 3.05) is 6.61 Å². The van der Waals surface area contributed by atoms with E-state index in [0.717, 1.165) is 0 Å². The second-order valence-corrected chi connectivity index (χ2v) is 7.58. The SMILES string of the molecule is Cc1nc2n(C)c3c(ncn3C3CCC(CO)O3)c(=O)n2c1CC(O)C(N)C(=O)O. The maximum atomic E-state index is 13.2. The van der Waals surface area contributed by atoms with Crippen molar-refractivity contribution in [3.8, 4) is 0 Å². The maximum absolute atomic E-state index is 13.2. The molecule has 4 heterocycles. The second kappa shape index (κ2) is 7.47. The van der Waals surface area contributed by atoms with Gasteiger partial charge in [0.1, 0.15) is 12.3 Å². The monoisotopic (exact) mass is 420 g/mol. The quantitative estimate of drug-likeness (QED) is 0.377. The first-order chi connectivity index (χ1) is 14.2. The van der Waals surface area contributed by atoms with Gasteiger partial charge in [-0.15, -0.1) is 0 Å². The third-order valence-electron chi connectivity index (χ3n) is 5.65. The summed E-state index contributed by atoms with van der Waals surface area (Å²) in [5, 5.41) is 28.6. The molecule has 30 heavy (non-hydrogen) atoms. The number of carboxylic acids is 1. The van der Waals surface area contributed by atoms with E-state index in [4.69, 9.17) is 15.6 Å². The number of aryl methyl sites for hydroxylation is 2. The normalized spacial score (nSPS) is 21.5. The average molecular weight is 420 g/mol. The topological polar surface area (TPSA) is 170 Å². The third kappa shape index (κ3) is 3.08. The molecule has 12 heteroatoms. The van der Waals surface area contributed by atoms with Crippen LogP contribution in [0.25, 0.3) is 16.9 Å². The van der Waals surface area contributed by atoms with Crippen LogP contribution in [0.4, 0.5) is 0 Å². The fraction of sp³-hybridized carbons (Fsp3) is 0.556. The van der Waals surface area contributed by atoms with E-state index in [1.807, 2.05) is 0 Å². The number of aliphatic hydroxyl groups excluding tert-OH is 2. The number of imidazole rings is 2. The Morgan fingerprint density at radius 2 is 2.17 bits per heavy atom.